The van der Waals surface area contributed by atoms with Gasteiger partial charge in [-0.2, -0.15) is 0 Å². The van der Waals surface area contributed by atoms with Crippen LogP contribution in [0.25, 0.3) is 0 Å². The van der Waals surface area contributed by atoms with Gasteiger partial charge in [-0.15, -0.1) is 0 Å². The van der Waals surface area contributed by atoms with Gasteiger partial charge >= 0.3 is 0 Å². The van der Waals surface area contributed by atoms with Crippen LogP contribution in [0.4, 0.5) is 0 Å². The van der Waals surface area contributed by atoms with Crippen molar-refractivity contribution in [3.63, 3.8) is 0 Å². The van der Waals surface area contributed by atoms with Gasteiger partial charge in [0.2, 0.25) is 5.91 Å². The number of ether oxygens (including phenoxy) is 1. The Bertz CT molecular complexity index is 269. The molecule has 0 aromatic rings. The van der Waals surface area contributed by atoms with Crippen LogP contribution in [0, 0.1) is 0 Å². The molecule has 1 amide bonds. The van der Waals surface area contributed by atoms with Gasteiger partial charge in [0.1, 0.15) is 0 Å². The summed E-state index contributed by atoms with van der Waals surface area (Å²) in [4.78, 5) is 15.6. The fourth-order valence-electron chi connectivity index (χ4n) is 2.63. The number of nitrogens with one attached hydrogen (secondary N) is 1. The lowest BCUT2D eigenvalue weighted by molar-refractivity contribution is -0.135. The minimum atomic E-state index is -0.0525. The molecule has 0 aliphatic carbocycles. The maximum atomic E-state index is 11.7. The third-order valence-electron chi connectivity index (χ3n) is 3.61. The van der Waals surface area contributed by atoms with Crippen LogP contribution >= 0.6 is 0 Å². The van der Waals surface area contributed by atoms with Crippen LogP contribution < -0.4 is 5.32 Å². The van der Waals surface area contributed by atoms with Gasteiger partial charge in [-0.25, -0.2) is 0 Å². The Balaban J connectivity index is 1.90. The summed E-state index contributed by atoms with van der Waals surface area (Å²) in [6.45, 7) is 5.04. The monoisotopic (exact) mass is 241 g/mol. The quantitative estimate of drug-likeness (QED) is 0.710. The van der Waals surface area contributed by atoms with Crippen molar-refractivity contribution in [2.75, 3.05) is 53.4 Å². The van der Waals surface area contributed by atoms with Crippen LogP contribution in [0.2, 0.25) is 0 Å². The van der Waals surface area contributed by atoms with Crippen LogP contribution in [-0.2, 0) is 9.53 Å². The Morgan fingerprint density at radius 3 is 3.00 bits per heavy atom. The summed E-state index contributed by atoms with van der Waals surface area (Å²) in [6, 6.07) is 0. The van der Waals surface area contributed by atoms with Crippen molar-refractivity contribution in [1.82, 2.24) is 15.1 Å². The highest BCUT2D eigenvalue weighted by molar-refractivity contribution is 5.77. The highest BCUT2D eigenvalue weighted by Crippen LogP contribution is 2.26. The summed E-state index contributed by atoms with van der Waals surface area (Å²) in [5, 5.41) is 3.39. The number of rotatable bonds is 2. The largest absolute Gasteiger partial charge is 0.371 e. The zero-order chi connectivity index (χ0) is 12.3. The van der Waals surface area contributed by atoms with E-state index in [1.54, 1.807) is 19.0 Å². The molecule has 98 valence electrons. The van der Waals surface area contributed by atoms with E-state index in [1.807, 2.05) is 0 Å². The second-order valence-corrected chi connectivity index (χ2v) is 5.31. The number of likely N-dealkylation sites (N-methyl/N-ethyl adjacent to an activating group) is 1. The Hall–Kier alpha value is -0.650. The van der Waals surface area contributed by atoms with E-state index in [0.29, 0.717) is 6.54 Å². The van der Waals surface area contributed by atoms with Crippen LogP contribution in [0.3, 0.4) is 0 Å². The van der Waals surface area contributed by atoms with E-state index in [1.165, 1.54) is 0 Å². The Labute approximate surface area is 103 Å². The van der Waals surface area contributed by atoms with E-state index in [9.17, 15) is 4.79 Å². The van der Waals surface area contributed by atoms with Crippen LogP contribution in [0.15, 0.2) is 0 Å². The molecule has 1 spiro atoms. The van der Waals surface area contributed by atoms with Crippen molar-refractivity contribution in [3.05, 3.63) is 0 Å². The Morgan fingerprint density at radius 2 is 2.35 bits per heavy atom. The third kappa shape index (κ3) is 3.18. The molecule has 2 aliphatic heterocycles. The fraction of sp³-hybridized carbons (Fsp3) is 0.917. The van der Waals surface area contributed by atoms with Crippen molar-refractivity contribution in [2.45, 2.75) is 18.4 Å². The number of carbonyl (C=O) groups excluding carboxylic acids is 1. The normalized spacial score (nSPS) is 30.5. The van der Waals surface area contributed by atoms with Gasteiger partial charge in [0.25, 0.3) is 0 Å². The van der Waals surface area contributed by atoms with Crippen LogP contribution in [-0.4, -0.2) is 74.7 Å². The van der Waals surface area contributed by atoms with Crippen LogP contribution in [0.1, 0.15) is 12.8 Å². The molecule has 1 N–H and O–H groups in total. The van der Waals surface area contributed by atoms with Gasteiger partial charge in [-0.1, -0.05) is 0 Å². The number of piperidine rings is 1. The highest BCUT2D eigenvalue weighted by Gasteiger charge is 2.38. The summed E-state index contributed by atoms with van der Waals surface area (Å²) in [6.07, 6.45) is 2.22. The van der Waals surface area contributed by atoms with Gasteiger partial charge < -0.3 is 15.0 Å². The molecule has 1 atom stereocenters. The molecule has 0 saturated carbocycles. The summed E-state index contributed by atoms with van der Waals surface area (Å²) in [5.74, 6) is 0.172. The maximum Gasteiger partial charge on any atom is 0.236 e. The molecule has 2 heterocycles. The third-order valence-corrected chi connectivity index (χ3v) is 3.61. The van der Waals surface area contributed by atoms with Gasteiger partial charge in [-0.05, 0) is 19.4 Å². The number of hydrogen-bond donors (Lipinski definition) is 1. The predicted molar refractivity (Wildman–Crippen MR) is 65.9 cm³/mol. The van der Waals surface area contributed by atoms with Crippen molar-refractivity contribution in [3.8, 4) is 0 Å². The van der Waals surface area contributed by atoms with Crippen molar-refractivity contribution >= 4 is 5.91 Å². The zero-order valence-electron chi connectivity index (χ0n) is 10.9. The smallest absolute Gasteiger partial charge is 0.236 e. The van der Waals surface area contributed by atoms with Crippen LogP contribution in [0.5, 0.6) is 0 Å². The molecule has 0 radical (unpaired) electrons. The second-order valence-electron chi connectivity index (χ2n) is 5.31. The first-order chi connectivity index (χ1) is 8.11. The van der Waals surface area contributed by atoms with Crippen molar-refractivity contribution in [2.24, 2.45) is 0 Å². The lowest BCUT2D eigenvalue weighted by Gasteiger charge is -2.45. The first-order valence-electron chi connectivity index (χ1n) is 6.38. The summed E-state index contributed by atoms with van der Waals surface area (Å²) in [5.41, 5.74) is -0.0525. The molecule has 2 aliphatic rings. The molecular weight excluding hydrogens is 218 g/mol. The predicted octanol–water partition coefficient (Wildman–Crippen LogP) is -0.471. The molecule has 5 heteroatoms. The first-order valence-corrected chi connectivity index (χ1v) is 6.38. The molecule has 2 rings (SSSR count). The summed E-state index contributed by atoms with van der Waals surface area (Å²) < 4.78 is 5.95. The fourth-order valence-corrected chi connectivity index (χ4v) is 2.63. The molecule has 0 bridgehead atoms. The first kappa shape index (κ1) is 12.8. The zero-order valence-corrected chi connectivity index (χ0v) is 10.9. The topological polar surface area (TPSA) is 44.8 Å². The minimum Gasteiger partial charge on any atom is -0.371 e. The highest BCUT2D eigenvalue weighted by atomic mass is 16.5. The summed E-state index contributed by atoms with van der Waals surface area (Å²) in [7, 11) is 3.61. The molecule has 2 saturated heterocycles. The lowest BCUT2D eigenvalue weighted by atomic mass is 9.91. The molecule has 5 nitrogen and oxygen atoms in total. The van der Waals surface area contributed by atoms with E-state index < -0.39 is 0 Å². The molecule has 2 fully saturated rings. The average molecular weight is 241 g/mol. The maximum absolute atomic E-state index is 11.7. The summed E-state index contributed by atoms with van der Waals surface area (Å²) >= 11 is 0. The number of nitrogens with zero attached hydrogens (tertiary/aromatic N) is 2. The van der Waals surface area contributed by atoms with Gasteiger partial charge in [0.05, 0.1) is 18.8 Å². The molecular formula is C12H23N3O2. The molecule has 17 heavy (non-hydrogen) atoms. The molecule has 0 aromatic carbocycles. The van der Waals surface area contributed by atoms with Crippen molar-refractivity contribution in [1.29, 1.82) is 0 Å². The number of carbonyl (C=O) groups is 1. The van der Waals surface area contributed by atoms with E-state index in [4.69, 9.17) is 4.74 Å². The Morgan fingerprint density at radius 1 is 1.53 bits per heavy atom. The van der Waals surface area contributed by atoms with Gasteiger partial charge in [0.15, 0.2) is 0 Å². The standard InChI is InChI=1S/C12H23N3O2/c1-14(2)11(16)8-15-6-3-4-12(10-15)9-13-5-7-17-12/h13H,3-10H2,1-2H3. The molecule has 0 aromatic heterocycles. The SMILES string of the molecule is CN(C)C(=O)CN1CCCC2(CNCCO2)C1. The minimum absolute atomic E-state index is 0.0525. The van der Waals surface area contributed by atoms with Gasteiger partial charge in [0, 0.05) is 33.7 Å². The van der Waals surface area contributed by atoms with E-state index in [-0.39, 0.29) is 11.5 Å². The molecule has 1 unspecified atom stereocenters. The Kier molecular flexibility index (Phi) is 4.01. The van der Waals surface area contributed by atoms with E-state index in [0.717, 1.165) is 45.6 Å². The second kappa shape index (κ2) is 5.33. The number of likely N-dealkylation sites (tertiary alicyclic amines) is 1. The van der Waals surface area contributed by atoms with E-state index in [2.05, 4.69) is 10.2 Å². The number of hydrogen-bond acceptors (Lipinski definition) is 4. The average Bonchev–Trinajstić information content (AvgIpc) is 2.30. The lowest BCUT2D eigenvalue weighted by Crippen LogP contribution is -2.59. The van der Waals surface area contributed by atoms with Gasteiger partial charge in [-0.3, -0.25) is 9.69 Å². The number of amides is 1. The number of morpholine rings is 1. The van der Waals surface area contributed by atoms with Crippen molar-refractivity contribution < 1.29 is 9.53 Å². The van der Waals surface area contributed by atoms with E-state index >= 15 is 0 Å².